The molecule has 0 radical (unpaired) electrons. The molecule has 0 aromatic heterocycles. The second-order valence-corrected chi connectivity index (χ2v) is 6.62. The van der Waals surface area contributed by atoms with Crippen LogP contribution in [0, 0.1) is 0 Å². The van der Waals surface area contributed by atoms with Crippen molar-refractivity contribution in [3.8, 4) is 0 Å². The highest BCUT2D eigenvalue weighted by molar-refractivity contribution is 5.90. The van der Waals surface area contributed by atoms with Crippen molar-refractivity contribution in [2.45, 2.75) is 57.9 Å². The van der Waals surface area contributed by atoms with Crippen molar-refractivity contribution in [3.05, 3.63) is 0 Å². The molecule has 2 aliphatic rings. The van der Waals surface area contributed by atoms with E-state index in [2.05, 4.69) is 17.6 Å². The maximum Gasteiger partial charge on any atom is 0.317 e. The van der Waals surface area contributed by atoms with Gasteiger partial charge in [-0.3, -0.25) is 9.59 Å². The van der Waals surface area contributed by atoms with Gasteiger partial charge in [0.25, 0.3) is 0 Å². The van der Waals surface area contributed by atoms with E-state index in [9.17, 15) is 14.4 Å². The molecule has 7 heteroatoms. The molecule has 0 spiro atoms. The molecule has 2 rings (SSSR count). The van der Waals surface area contributed by atoms with E-state index in [1.165, 1.54) is 12.8 Å². The lowest BCUT2D eigenvalue weighted by Crippen LogP contribution is -2.46. The van der Waals surface area contributed by atoms with Gasteiger partial charge in [-0.05, 0) is 19.3 Å². The number of amides is 4. The van der Waals surface area contributed by atoms with Crippen LogP contribution in [0.3, 0.4) is 0 Å². The number of hydrogen-bond acceptors (Lipinski definition) is 3. The zero-order valence-electron chi connectivity index (χ0n) is 14.7. The minimum absolute atomic E-state index is 0.0114. The zero-order valence-corrected chi connectivity index (χ0v) is 14.7. The number of carbonyl (C=O) groups excluding carboxylic acids is 3. The Morgan fingerprint density at radius 3 is 2.58 bits per heavy atom. The molecule has 0 aromatic carbocycles. The molecule has 2 heterocycles. The lowest BCUT2D eigenvalue weighted by Gasteiger charge is -2.24. The summed E-state index contributed by atoms with van der Waals surface area (Å²) in [5.74, 6) is -0.0603. The minimum Gasteiger partial charge on any atom is -0.344 e. The molecule has 2 aliphatic heterocycles. The van der Waals surface area contributed by atoms with E-state index in [1.54, 1.807) is 9.80 Å². The van der Waals surface area contributed by atoms with Crippen molar-refractivity contribution in [2.75, 3.05) is 32.7 Å². The quantitative estimate of drug-likeness (QED) is 0.711. The largest absolute Gasteiger partial charge is 0.344 e. The Balaban J connectivity index is 1.72. The molecule has 136 valence electrons. The molecule has 2 fully saturated rings. The van der Waals surface area contributed by atoms with Gasteiger partial charge >= 0.3 is 6.03 Å². The van der Waals surface area contributed by atoms with Crippen LogP contribution < -0.4 is 10.6 Å². The van der Waals surface area contributed by atoms with Crippen molar-refractivity contribution in [3.63, 3.8) is 0 Å². The topological polar surface area (TPSA) is 81.8 Å². The Morgan fingerprint density at radius 2 is 1.88 bits per heavy atom. The lowest BCUT2D eigenvalue weighted by molar-refractivity contribution is -0.134. The summed E-state index contributed by atoms with van der Waals surface area (Å²) in [6, 6.07) is -0.411. The minimum atomic E-state index is -0.378. The van der Waals surface area contributed by atoms with Gasteiger partial charge in [-0.1, -0.05) is 26.2 Å². The molecule has 2 saturated heterocycles. The summed E-state index contributed by atoms with van der Waals surface area (Å²) in [5.41, 5.74) is 0. The number of nitrogens with one attached hydrogen (secondary N) is 2. The van der Waals surface area contributed by atoms with E-state index in [0.717, 1.165) is 19.3 Å². The molecule has 1 unspecified atom stereocenters. The Morgan fingerprint density at radius 1 is 1.12 bits per heavy atom. The molecule has 0 bridgehead atoms. The van der Waals surface area contributed by atoms with E-state index in [4.69, 9.17) is 0 Å². The summed E-state index contributed by atoms with van der Waals surface area (Å²) in [7, 11) is 0. The van der Waals surface area contributed by atoms with Crippen molar-refractivity contribution < 1.29 is 14.4 Å². The second-order valence-electron chi connectivity index (χ2n) is 6.62. The molecule has 0 aliphatic carbocycles. The first kappa shape index (κ1) is 18.5. The van der Waals surface area contributed by atoms with Crippen LogP contribution in [0.5, 0.6) is 0 Å². The van der Waals surface area contributed by atoms with Crippen molar-refractivity contribution >= 4 is 17.8 Å². The summed E-state index contributed by atoms with van der Waals surface area (Å²) in [6.45, 7) is 5.28. The van der Waals surface area contributed by atoms with E-state index < -0.39 is 0 Å². The second kappa shape index (κ2) is 9.49. The maximum absolute atomic E-state index is 12.4. The Bertz CT molecular complexity index is 455. The molecule has 2 N–H and O–H groups in total. The molecule has 24 heavy (non-hydrogen) atoms. The highest BCUT2D eigenvalue weighted by Crippen LogP contribution is 2.12. The number of rotatable bonds is 6. The first-order valence-electron chi connectivity index (χ1n) is 9.22. The molecule has 0 saturated carbocycles. The van der Waals surface area contributed by atoms with Gasteiger partial charge in [0.2, 0.25) is 11.8 Å². The molecule has 4 amide bonds. The van der Waals surface area contributed by atoms with Gasteiger partial charge in [-0.25, -0.2) is 4.79 Å². The number of unbranched alkanes of at least 4 members (excludes halogenated alkanes) is 3. The van der Waals surface area contributed by atoms with Crippen LogP contribution >= 0.6 is 0 Å². The lowest BCUT2D eigenvalue weighted by atomic mass is 10.2. The van der Waals surface area contributed by atoms with E-state index in [1.807, 2.05) is 0 Å². The highest BCUT2D eigenvalue weighted by atomic mass is 16.2. The Labute approximate surface area is 144 Å². The summed E-state index contributed by atoms with van der Waals surface area (Å²) in [4.78, 5) is 39.5. The smallest absolute Gasteiger partial charge is 0.317 e. The fourth-order valence-electron chi connectivity index (χ4n) is 3.22. The van der Waals surface area contributed by atoms with Crippen LogP contribution in [0.25, 0.3) is 0 Å². The normalized spacial score (nSPS) is 21.4. The van der Waals surface area contributed by atoms with Crippen LogP contribution in [0.2, 0.25) is 0 Å². The van der Waals surface area contributed by atoms with Crippen molar-refractivity contribution in [2.24, 2.45) is 0 Å². The van der Waals surface area contributed by atoms with Crippen LogP contribution in [-0.4, -0.2) is 66.4 Å². The van der Waals surface area contributed by atoms with Crippen LogP contribution in [-0.2, 0) is 9.59 Å². The zero-order chi connectivity index (χ0) is 17.4. The summed E-state index contributed by atoms with van der Waals surface area (Å²) < 4.78 is 0. The van der Waals surface area contributed by atoms with Crippen LogP contribution in [0.4, 0.5) is 4.79 Å². The molecular weight excluding hydrogens is 308 g/mol. The van der Waals surface area contributed by atoms with Crippen molar-refractivity contribution in [1.29, 1.82) is 0 Å². The third kappa shape index (κ3) is 5.39. The SMILES string of the molecule is CCCCCCNC(=O)N1CCCN(C(=O)C2CCC(=O)N2)CC1. The Hall–Kier alpha value is -1.79. The number of nitrogens with zero attached hydrogens (tertiary/aromatic N) is 2. The van der Waals surface area contributed by atoms with Gasteiger partial charge in [0.05, 0.1) is 0 Å². The average Bonchev–Trinajstić information content (AvgIpc) is 2.86. The first-order chi connectivity index (χ1) is 11.6. The fraction of sp³-hybridized carbons (Fsp3) is 0.824. The van der Waals surface area contributed by atoms with Gasteiger partial charge in [0.1, 0.15) is 6.04 Å². The summed E-state index contributed by atoms with van der Waals surface area (Å²) in [5, 5.41) is 5.70. The number of urea groups is 1. The molecular formula is C17H30N4O3. The van der Waals surface area contributed by atoms with Gasteiger partial charge in [-0.15, -0.1) is 0 Å². The fourth-order valence-corrected chi connectivity index (χ4v) is 3.22. The Kier molecular flexibility index (Phi) is 7.34. The van der Waals surface area contributed by atoms with Crippen molar-refractivity contribution in [1.82, 2.24) is 20.4 Å². The van der Waals surface area contributed by atoms with Gasteiger partial charge in [-0.2, -0.15) is 0 Å². The average molecular weight is 338 g/mol. The van der Waals surface area contributed by atoms with Gasteiger partial charge < -0.3 is 20.4 Å². The molecule has 1 atom stereocenters. The maximum atomic E-state index is 12.4. The highest BCUT2D eigenvalue weighted by Gasteiger charge is 2.31. The van der Waals surface area contributed by atoms with Crippen LogP contribution in [0.15, 0.2) is 0 Å². The summed E-state index contributed by atoms with van der Waals surface area (Å²) in [6.07, 6.45) is 6.33. The first-order valence-corrected chi connectivity index (χ1v) is 9.22. The monoisotopic (exact) mass is 338 g/mol. The number of hydrogen-bond donors (Lipinski definition) is 2. The van der Waals surface area contributed by atoms with E-state index in [-0.39, 0.29) is 23.9 Å². The third-order valence-electron chi connectivity index (χ3n) is 4.69. The molecule has 0 aromatic rings. The standard InChI is InChI=1S/C17H30N4O3/c1-2-3-4-5-9-18-17(24)21-11-6-10-20(12-13-21)16(23)14-7-8-15(22)19-14/h14H,2-13H2,1H3,(H,18,24)(H,19,22). The molecule has 7 nitrogen and oxygen atoms in total. The van der Waals surface area contributed by atoms with Crippen LogP contribution in [0.1, 0.15) is 51.9 Å². The van der Waals surface area contributed by atoms with E-state index >= 15 is 0 Å². The predicted molar refractivity (Wildman–Crippen MR) is 91.5 cm³/mol. The third-order valence-corrected chi connectivity index (χ3v) is 4.69. The van der Waals surface area contributed by atoms with Gasteiger partial charge in [0.15, 0.2) is 0 Å². The van der Waals surface area contributed by atoms with Gasteiger partial charge in [0, 0.05) is 39.1 Å². The van der Waals surface area contributed by atoms with E-state index in [0.29, 0.717) is 45.6 Å². The summed E-state index contributed by atoms with van der Waals surface area (Å²) >= 11 is 0. The predicted octanol–water partition coefficient (Wildman–Crippen LogP) is 1.09. The number of carbonyl (C=O) groups is 3.